The zero-order chi connectivity index (χ0) is 24.4. The van der Waals surface area contributed by atoms with E-state index in [4.69, 9.17) is 9.47 Å². The number of rotatable bonds is 5. The van der Waals surface area contributed by atoms with Crippen LogP contribution in [0.2, 0.25) is 0 Å². The van der Waals surface area contributed by atoms with Crippen molar-refractivity contribution in [2.45, 2.75) is 45.6 Å². The van der Waals surface area contributed by atoms with Gasteiger partial charge in [-0.2, -0.15) is 0 Å². The van der Waals surface area contributed by atoms with Gasteiger partial charge in [-0.05, 0) is 68.5 Å². The van der Waals surface area contributed by atoms with Gasteiger partial charge in [-0.3, -0.25) is 14.5 Å². The molecule has 8 heteroatoms. The summed E-state index contributed by atoms with van der Waals surface area (Å²) < 4.78 is 10.8. The standard InChI is InChI=1S/C27H29N3O4S/c1-3-20-6-4-5-13-29(20)25(31)16-35-27-28-22(14-19-9-12-23-24(15-19)34-17-33-23)26(32)30(27)21-10-7-18(2)8-11-21/h7-12,14-15,20H,3-6,13,16-17H2,1-2H3/b22-14-. The fraction of sp³-hybridized carbons (Fsp3) is 0.370. The van der Waals surface area contributed by atoms with Gasteiger partial charge in [0.1, 0.15) is 5.70 Å². The Morgan fingerprint density at radius 3 is 2.74 bits per heavy atom. The Labute approximate surface area is 209 Å². The molecule has 0 aliphatic carbocycles. The molecular weight excluding hydrogens is 462 g/mol. The second kappa shape index (κ2) is 10.2. The summed E-state index contributed by atoms with van der Waals surface area (Å²) in [5, 5.41) is 0.518. The number of carbonyl (C=O) groups is 2. The maximum absolute atomic E-state index is 13.5. The van der Waals surface area contributed by atoms with Crippen molar-refractivity contribution in [2.75, 3.05) is 24.0 Å². The van der Waals surface area contributed by atoms with Crippen LogP contribution in [0.3, 0.4) is 0 Å². The Kier molecular flexibility index (Phi) is 6.81. The van der Waals surface area contributed by atoms with Crippen LogP contribution in [0.15, 0.2) is 53.2 Å². The van der Waals surface area contributed by atoms with Crippen LogP contribution in [-0.4, -0.2) is 47.0 Å². The van der Waals surface area contributed by atoms with Gasteiger partial charge in [0.25, 0.3) is 5.91 Å². The molecule has 2 amide bonds. The first-order chi connectivity index (χ1) is 17.0. The molecule has 7 nitrogen and oxygen atoms in total. The molecule has 3 heterocycles. The van der Waals surface area contributed by atoms with Crippen molar-refractivity contribution >= 4 is 40.5 Å². The number of nitrogens with zero attached hydrogens (tertiary/aromatic N) is 3. The van der Waals surface area contributed by atoms with Crippen molar-refractivity contribution in [1.82, 2.24) is 4.90 Å². The predicted molar refractivity (Wildman–Crippen MR) is 139 cm³/mol. The Balaban J connectivity index is 1.40. The zero-order valence-corrected chi connectivity index (χ0v) is 20.8. The second-order valence-corrected chi connectivity index (χ2v) is 9.89. The van der Waals surface area contributed by atoms with E-state index >= 15 is 0 Å². The number of amidine groups is 1. The maximum Gasteiger partial charge on any atom is 0.283 e. The Morgan fingerprint density at radius 2 is 1.94 bits per heavy atom. The minimum absolute atomic E-state index is 0.105. The summed E-state index contributed by atoms with van der Waals surface area (Å²) in [7, 11) is 0. The number of hydrogen-bond donors (Lipinski definition) is 0. The minimum atomic E-state index is -0.217. The van der Waals surface area contributed by atoms with Gasteiger partial charge >= 0.3 is 0 Å². The van der Waals surface area contributed by atoms with E-state index < -0.39 is 0 Å². The van der Waals surface area contributed by atoms with Crippen LogP contribution in [0.1, 0.15) is 43.7 Å². The molecule has 182 valence electrons. The monoisotopic (exact) mass is 491 g/mol. The molecular formula is C27H29N3O4S. The van der Waals surface area contributed by atoms with Crippen LogP contribution in [0, 0.1) is 6.92 Å². The lowest BCUT2D eigenvalue weighted by Gasteiger charge is -2.35. The number of carbonyl (C=O) groups excluding carboxylic acids is 2. The summed E-state index contributed by atoms with van der Waals surface area (Å²) in [4.78, 5) is 34.8. The number of aliphatic imine (C=N–C) groups is 1. The van der Waals surface area contributed by atoms with E-state index in [-0.39, 0.29) is 24.4 Å². The fourth-order valence-electron chi connectivity index (χ4n) is 4.64. The summed E-state index contributed by atoms with van der Waals surface area (Å²) in [6, 6.07) is 13.6. The smallest absolute Gasteiger partial charge is 0.283 e. The SMILES string of the molecule is CCC1CCCCN1C(=O)CSC1=N/C(=C\c2ccc3c(c2)OCO3)C(=O)N1c1ccc(C)cc1. The highest BCUT2D eigenvalue weighted by molar-refractivity contribution is 8.14. The van der Waals surface area contributed by atoms with Crippen LogP contribution in [-0.2, 0) is 9.59 Å². The van der Waals surface area contributed by atoms with Crippen LogP contribution in [0.5, 0.6) is 11.5 Å². The molecule has 1 fully saturated rings. The van der Waals surface area contributed by atoms with Crippen molar-refractivity contribution in [2.24, 2.45) is 4.99 Å². The zero-order valence-electron chi connectivity index (χ0n) is 20.0. The largest absolute Gasteiger partial charge is 0.454 e. The molecule has 35 heavy (non-hydrogen) atoms. The van der Waals surface area contributed by atoms with Crippen molar-refractivity contribution in [3.63, 3.8) is 0 Å². The average molecular weight is 492 g/mol. The molecule has 0 saturated carbocycles. The number of ether oxygens (including phenoxy) is 2. The second-order valence-electron chi connectivity index (χ2n) is 8.95. The number of likely N-dealkylation sites (tertiary alicyclic amines) is 1. The van der Waals surface area contributed by atoms with Gasteiger partial charge in [0.2, 0.25) is 12.7 Å². The minimum Gasteiger partial charge on any atom is -0.454 e. The molecule has 0 radical (unpaired) electrons. The van der Waals surface area contributed by atoms with Gasteiger partial charge in [-0.1, -0.05) is 42.4 Å². The third kappa shape index (κ3) is 4.93. The van der Waals surface area contributed by atoms with E-state index in [1.165, 1.54) is 18.2 Å². The number of fused-ring (bicyclic) bond motifs is 1. The Hall–Kier alpha value is -3.26. The number of thioether (sulfide) groups is 1. The molecule has 1 saturated heterocycles. The van der Waals surface area contributed by atoms with E-state index in [2.05, 4.69) is 11.9 Å². The highest BCUT2D eigenvalue weighted by atomic mass is 32.2. The first-order valence-electron chi connectivity index (χ1n) is 12.1. The summed E-state index contributed by atoms with van der Waals surface area (Å²) in [5.41, 5.74) is 2.96. The molecule has 2 aromatic rings. The number of anilines is 1. The van der Waals surface area contributed by atoms with E-state index in [1.54, 1.807) is 11.0 Å². The van der Waals surface area contributed by atoms with E-state index in [1.807, 2.05) is 54.3 Å². The molecule has 0 N–H and O–H groups in total. The van der Waals surface area contributed by atoms with Gasteiger partial charge < -0.3 is 14.4 Å². The van der Waals surface area contributed by atoms with E-state index in [0.29, 0.717) is 28.4 Å². The topological polar surface area (TPSA) is 71.4 Å². The molecule has 3 aliphatic heterocycles. The van der Waals surface area contributed by atoms with Crippen molar-refractivity contribution < 1.29 is 19.1 Å². The van der Waals surface area contributed by atoms with Crippen LogP contribution in [0.25, 0.3) is 6.08 Å². The number of aryl methyl sites for hydroxylation is 1. The fourth-order valence-corrected chi connectivity index (χ4v) is 5.54. The van der Waals surface area contributed by atoms with Crippen LogP contribution in [0.4, 0.5) is 5.69 Å². The van der Waals surface area contributed by atoms with Crippen molar-refractivity contribution in [1.29, 1.82) is 0 Å². The first-order valence-corrected chi connectivity index (χ1v) is 13.1. The van der Waals surface area contributed by atoms with Crippen LogP contribution >= 0.6 is 11.8 Å². The van der Waals surface area contributed by atoms with Gasteiger partial charge in [0.15, 0.2) is 16.7 Å². The highest BCUT2D eigenvalue weighted by Crippen LogP contribution is 2.35. The molecule has 0 aromatic heterocycles. The number of amides is 2. The number of piperidine rings is 1. The summed E-state index contributed by atoms with van der Waals surface area (Å²) in [6.45, 7) is 5.14. The summed E-state index contributed by atoms with van der Waals surface area (Å²) in [5.74, 6) is 1.48. The van der Waals surface area contributed by atoms with Crippen molar-refractivity contribution in [3.8, 4) is 11.5 Å². The lowest BCUT2D eigenvalue weighted by molar-refractivity contribution is -0.132. The Bertz CT molecular complexity index is 1190. The molecule has 5 rings (SSSR count). The number of hydrogen-bond acceptors (Lipinski definition) is 6. The molecule has 1 unspecified atom stereocenters. The normalized spacial score (nSPS) is 20.5. The first kappa shape index (κ1) is 23.5. The van der Waals surface area contributed by atoms with Gasteiger partial charge in [0.05, 0.1) is 11.4 Å². The van der Waals surface area contributed by atoms with Crippen LogP contribution < -0.4 is 14.4 Å². The lowest BCUT2D eigenvalue weighted by atomic mass is 10.0. The van der Waals surface area contributed by atoms with Crippen molar-refractivity contribution in [3.05, 3.63) is 59.3 Å². The third-order valence-electron chi connectivity index (χ3n) is 6.57. The Morgan fingerprint density at radius 1 is 1.14 bits per heavy atom. The van der Waals surface area contributed by atoms with Gasteiger partial charge in [-0.15, -0.1) is 0 Å². The molecule has 0 bridgehead atoms. The molecule has 3 aliphatic rings. The quantitative estimate of drug-likeness (QED) is 0.551. The number of benzene rings is 2. The third-order valence-corrected chi connectivity index (χ3v) is 7.49. The summed E-state index contributed by atoms with van der Waals surface area (Å²) >= 11 is 1.32. The molecule has 2 aromatic carbocycles. The predicted octanol–water partition coefficient (Wildman–Crippen LogP) is 4.99. The lowest BCUT2D eigenvalue weighted by Crippen LogP contribution is -2.44. The van der Waals surface area contributed by atoms with Gasteiger partial charge in [0, 0.05) is 12.6 Å². The molecule has 0 spiro atoms. The van der Waals surface area contributed by atoms with E-state index in [0.717, 1.165) is 42.6 Å². The summed E-state index contributed by atoms with van der Waals surface area (Å²) in [6.07, 6.45) is 5.99. The van der Waals surface area contributed by atoms with Gasteiger partial charge in [-0.25, -0.2) is 4.99 Å². The average Bonchev–Trinajstić information content (AvgIpc) is 3.47. The highest BCUT2D eigenvalue weighted by Gasteiger charge is 2.33. The maximum atomic E-state index is 13.5. The molecule has 1 atom stereocenters. The van der Waals surface area contributed by atoms with E-state index in [9.17, 15) is 9.59 Å².